The molecule has 76 valence electrons. The van der Waals surface area contributed by atoms with Gasteiger partial charge in [-0.2, -0.15) is 0 Å². The number of esters is 1. The van der Waals surface area contributed by atoms with E-state index in [1.54, 1.807) is 6.08 Å². The van der Waals surface area contributed by atoms with Crippen molar-refractivity contribution in [2.45, 2.75) is 39.5 Å². The molecule has 0 aromatic heterocycles. The number of ether oxygens (including phenoxy) is 1. The van der Waals surface area contributed by atoms with Crippen LogP contribution in [-0.2, 0) is 9.53 Å². The minimum absolute atomic E-state index is 0.0733. The van der Waals surface area contributed by atoms with Crippen LogP contribution in [0.5, 0.6) is 0 Å². The third-order valence-corrected chi connectivity index (χ3v) is 2.08. The van der Waals surface area contributed by atoms with Crippen LogP contribution in [0.4, 0.5) is 0 Å². The second-order valence-electron chi connectivity index (χ2n) is 3.17. The molecule has 1 unspecified atom stereocenters. The van der Waals surface area contributed by atoms with E-state index in [1.165, 1.54) is 0 Å². The van der Waals surface area contributed by atoms with Crippen LogP contribution in [0.15, 0.2) is 12.7 Å². The van der Waals surface area contributed by atoms with Gasteiger partial charge in [0.1, 0.15) is 6.61 Å². The summed E-state index contributed by atoms with van der Waals surface area (Å²) in [6.45, 7) is 7.99. The maximum absolute atomic E-state index is 11.4. The van der Waals surface area contributed by atoms with Gasteiger partial charge in [0.2, 0.25) is 0 Å². The smallest absolute Gasteiger partial charge is 0.309 e. The van der Waals surface area contributed by atoms with Gasteiger partial charge in [0.25, 0.3) is 0 Å². The van der Waals surface area contributed by atoms with Gasteiger partial charge in [0, 0.05) is 0 Å². The van der Waals surface area contributed by atoms with Gasteiger partial charge < -0.3 is 4.74 Å². The van der Waals surface area contributed by atoms with E-state index in [4.69, 9.17) is 4.74 Å². The largest absolute Gasteiger partial charge is 0.461 e. The summed E-state index contributed by atoms with van der Waals surface area (Å²) in [5.74, 6) is 0.00995. The molecule has 0 aliphatic rings. The Kier molecular flexibility index (Phi) is 7.36. The Balaban J connectivity index is 3.77. The molecule has 0 aromatic carbocycles. The lowest BCUT2D eigenvalue weighted by molar-refractivity contribution is -0.147. The molecular weight excluding hydrogens is 164 g/mol. The van der Waals surface area contributed by atoms with Crippen LogP contribution in [0.3, 0.4) is 0 Å². The zero-order valence-corrected chi connectivity index (χ0v) is 8.71. The highest BCUT2D eigenvalue weighted by atomic mass is 16.5. The van der Waals surface area contributed by atoms with E-state index in [1.807, 2.05) is 6.92 Å². The molecule has 0 saturated heterocycles. The van der Waals surface area contributed by atoms with E-state index in [0.717, 1.165) is 25.7 Å². The molecule has 2 heteroatoms. The number of hydrogen-bond acceptors (Lipinski definition) is 2. The Morgan fingerprint density at radius 1 is 1.54 bits per heavy atom. The molecule has 0 bridgehead atoms. The molecule has 0 heterocycles. The molecule has 0 amide bonds. The Morgan fingerprint density at radius 2 is 2.23 bits per heavy atom. The third kappa shape index (κ3) is 5.45. The number of carbonyl (C=O) groups excluding carboxylic acids is 1. The molecule has 1 atom stereocenters. The lowest BCUT2D eigenvalue weighted by Gasteiger charge is -2.12. The van der Waals surface area contributed by atoms with Crippen LogP contribution in [0.25, 0.3) is 0 Å². The lowest BCUT2D eigenvalue weighted by atomic mass is 10.00. The standard InChI is InChI=1S/C11H20O2/c1-4-7-8-10(6-3)11(12)13-9-5-2/h5,10H,2,4,6-9H2,1,3H3. The number of unbranched alkanes of at least 4 members (excludes halogenated alkanes) is 1. The fourth-order valence-corrected chi connectivity index (χ4v) is 1.20. The number of hydrogen-bond donors (Lipinski definition) is 0. The average molecular weight is 184 g/mol. The first kappa shape index (κ1) is 12.2. The Hall–Kier alpha value is -0.790. The van der Waals surface area contributed by atoms with Crippen molar-refractivity contribution < 1.29 is 9.53 Å². The normalized spacial score (nSPS) is 12.2. The Bertz CT molecular complexity index is 152. The van der Waals surface area contributed by atoms with Gasteiger partial charge in [0.05, 0.1) is 5.92 Å². The van der Waals surface area contributed by atoms with Gasteiger partial charge in [-0.15, -0.1) is 0 Å². The summed E-state index contributed by atoms with van der Waals surface area (Å²) >= 11 is 0. The van der Waals surface area contributed by atoms with E-state index < -0.39 is 0 Å². The zero-order valence-electron chi connectivity index (χ0n) is 8.71. The number of rotatable bonds is 7. The highest BCUT2D eigenvalue weighted by Gasteiger charge is 2.16. The lowest BCUT2D eigenvalue weighted by Crippen LogP contribution is -2.17. The quantitative estimate of drug-likeness (QED) is 0.449. The second-order valence-corrected chi connectivity index (χ2v) is 3.17. The molecule has 0 radical (unpaired) electrons. The average Bonchev–Trinajstić information content (AvgIpc) is 2.16. The van der Waals surface area contributed by atoms with Gasteiger partial charge in [-0.1, -0.05) is 39.3 Å². The van der Waals surface area contributed by atoms with Crippen molar-refractivity contribution in [2.24, 2.45) is 5.92 Å². The predicted octanol–water partition coefficient (Wildman–Crippen LogP) is 2.93. The molecule has 0 aliphatic heterocycles. The topological polar surface area (TPSA) is 26.3 Å². The van der Waals surface area contributed by atoms with Crippen LogP contribution in [0, 0.1) is 5.92 Å². The van der Waals surface area contributed by atoms with Crippen molar-refractivity contribution in [3.8, 4) is 0 Å². The van der Waals surface area contributed by atoms with E-state index in [2.05, 4.69) is 13.5 Å². The van der Waals surface area contributed by atoms with E-state index in [-0.39, 0.29) is 11.9 Å². The van der Waals surface area contributed by atoms with Crippen molar-refractivity contribution in [1.29, 1.82) is 0 Å². The summed E-state index contributed by atoms with van der Waals surface area (Å²) in [5, 5.41) is 0. The van der Waals surface area contributed by atoms with Crippen LogP contribution in [-0.4, -0.2) is 12.6 Å². The van der Waals surface area contributed by atoms with Crippen molar-refractivity contribution in [1.82, 2.24) is 0 Å². The summed E-state index contributed by atoms with van der Waals surface area (Å²) in [6.07, 6.45) is 5.65. The molecule has 0 saturated carbocycles. The molecule has 0 N–H and O–H groups in total. The summed E-state index contributed by atoms with van der Waals surface area (Å²) in [5.41, 5.74) is 0. The summed E-state index contributed by atoms with van der Waals surface area (Å²) in [6, 6.07) is 0. The maximum atomic E-state index is 11.4. The summed E-state index contributed by atoms with van der Waals surface area (Å²) in [7, 11) is 0. The Morgan fingerprint density at radius 3 is 2.69 bits per heavy atom. The van der Waals surface area contributed by atoms with Crippen molar-refractivity contribution in [2.75, 3.05) is 6.61 Å². The first-order valence-electron chi connectivity index (χ1n) is 5.03. The minimum atomic E-state index is -0.0733. The Labute approximate surface area is 81.0 Å². The molecule has 0 aliphatic carbocycles. The maximum Gasteiger partial charge on any atom is 0.309 e. The van der Waals surface area contributed by atoms with Crippen LogP contribution < -0.4 is 0 Å². The first-order valence-corrected chi connectivity index (χ1v) is 5.03. The highest BCUT2D eigenvalue weighted by Crippen LogP contribution is 2.14. The van der Waals surface area contributed by atoms with Gasteiger partial charge >= 0.3 is 5.97 Å². The van der Waals surface area contributed by atoms with Crippen LogP contribution >= 0.6 is 0 Å². The van der Waals surface area contributed by atoms with Gasteiger partial charge in [-0.3, -0.25) is 4.79 Å². The van der Waals surface area contributed by atoms with Crippen LogP contribution in [0.2, 0.25) is 0 Å². The molecule has 2 nitrogen and oxygen atoms in total. The predicted molar refractivity (Wildman–Crippen MR) is 54.5 cm³/mol. The van der Waals surface area contributed by atoms with E-state index in [0.29, 0.717) is 6.61 Å². The molecular formula is C11H20O2. The SMILES string of the molecule is C=CCOC(=O)C(CC)CCCC. The summed E-state index contributed by atoms with van der Waals surface area (Å²) < 4.78 is 4.98. The fourth-order valence-electron chi connectivity index (χ4n) is 1.20. The van der Waals surface area contributed by atoms with E-state index >= 15 is 0 Å². The van der Waals surface area contributed by atoms with Gasteiger partial charge in [-0.05, 0) is 12.8 Å². The first-order chi connectivity index (χ1) is 6.26. The summed E-state index contributed by atoms with van der Waals surface area (Å²) in [4.78, 5) is 11.4. The fraction of sp³-hybridized carbons (Fsp3) is 0.727. The number of carbonyl (C=O) groups is 1. The van der Waals surface area contributed by atoms with Gasteiger partial charge in [-0.25, -0.2) is 0 Å². The van der Waals surface area contributed by atoms with Crippen molar-refractivity contribution in [3.05, 3.63) is 12.7 Å². The van der Waals surface area contributed by atoms with E-state index in [9.17, 15) is 4.79 Å². The van der Waals surface area contributed by atoms with Crippen molar-refractivity contribution >= 4 is 5.97 Å². The molecule has 13 heavy (non-hydrogen) atoms. The van der Waals surface area contributed by atoms with Crippen molar-refractivity contribution in [3.63, 3.8) is 0 Å². The second kappa shape index (κ2) is 7.84. The van der Waals surface area contributed by atoms with Gasteiger partial charge in [0.15, 0.2) is 0 Å². The highest BCUT2D eigenvalue weighted by molar-refractivity contribution is 5.72. The molecule has 0 aromatic rings. The molecule has 0 rings (SSSR count). The molecule has 0 spiro atoms. The minimum Gasteiger partial charge on any atom is -0.461 e. The molecule has 0 fully saturated rings. The zero-order chi connectivity index (χ0) is 10.1. The van der Waals surface area contributed by atoms with Crippen LogP contribution in [0.1, 0.15) is 39.5 Å². The third-order valence-electron chi connectivity index (χ3n) is 2.08. The monoisotopic (exact) mass is 184 g/mol.